The Kier molecular flexibility index (Phi) is 8.29. The molecule has 1 unspecified atom stereocenters. The van der Waals surface area contributed by atoms with Gasteiger partial charge in [0.2, 0.25) is 0 Å². The molecule has 0 aliphatic rings. The normalized spacial score (nSPS) is 12.1. The lowest BCUT2D eigenvalue weighted by atomic mass is 10.2. The van der Waals surface area contributed by atoms with Crippen molar-refractivity contribution in [3.8, 4) is 5.75 Å². The summed E-state index contributed by atoms with van der Waals surface area (Å²) in [7, 11) is 0. The second-order valence-electron chi connectivity index (χ2n) is 4.74. The number of primary amides is 1. The zero-order valence-electron chi connectivity index (χ0n) is 12.1. The highest BCUT2D eigenvalue weighted by molar-refractivity contribution is 9.10. The van der Waals surface area contributed by atoms with E-state index >= 15 is 0 Å². The third-order valence-electron chi connectivity index (χ3n) is 2.63. The number of hydrogen-bond acceptors (Lipinski definition) is 5. The average Bonchev–Trinajstić information content (AvgIpc) is 2.41. The number of rotatable bonds is 10. The van der Waals surface area contributed by atoms with Crippen LogP contribution in [0.5, 0.6) is 5.75 Å². The summed E-state index contributed by atoms with van der Waals surface area (Å²) in [5.74, 6) is 0.139. The van der Waals surface area contributed by atoms with Crippen LogP contribution in [0.15, 0.2) is 22.7 Å². The third-order valence-corrected chi connectivity index (χ3v) is 3.12. The van der Waals surface area contributed by atoms with E-state index in [0.29, 0.717) is 18.8 Å². The van der Waals surface area contributed by atoms with Crippen LogP contribution in [0.2, 0.25) is 0 Å². The molecule has 0 saturated carbocycles. The van der Waals surface area contributed by atoms with Gasteiger partial charge in [-0.15, -0.1) is 0 Å². The predicted octanol–water partition coefficient (Wildman–Crippen LogP) is 0.373. The molecular formula is C14H22BrN3O3. The van der Waals surface area contributed by atoms with Gasteiger partial charge in [-0.2, -0.15) is 0 Å². The molecule has 1 aromatic rings. The third kappa shape index (κ3) is 8.01. The summed E-state index contributed by atoms with van der Waals surface area (Å²) < 4.78 is 6.32. The van der Waals surface area contributed by atoms with E-state index in [1.165, 1.54) is 0 Å². The van der Waals surface area contributed by atoms with E-state index in [4.69, 9.17) is 15.6 Å². The number of carbonyl (C=O) groups excluding carboxylic acids is 1. The SMILES string of the molecule is CC(O)CNCCNCc1cc(Br)ccc1OCC(N)=O. The van der Waals surface area contributed by atoms with E-state index in [-0.39, 0.29) is 12.7 Å². The van der Waals surface area contributed by atoms with Crippen LogP contribution >= 0.6 is 15.9 Å². The van der Waals surface area contributed by atoms with Gasteiger partial charge < -0.3 is 26.2 Å². The molecule has 0 aromatic heterocycles. The lowest BCUT2D eigenvalue weighted by molar-refractivity contribution is -0.119. The smallest absolute Gasteiger partial charge is 0.255 e. The number of benzene rings is 1. The Balaban J connectivity index is 2.41. The fourth-order valence-corrected chi connectivity index (χ4v) is 2.10. The molecule has 1 atom stereocenters. The van der Waals surface area contributed by atoms with Gasteiger partial charge in [-0.3, -0.25) is 4.79 Å². The van der Waals surface area contributed by atoms with Gasteiger partial charge in [0, 0.05) is 36.2 Å². The van der Waals surface area contributed by atoms with Crippen molar-refractivity contribution in [3.63, 3.8) is 0 Å². The maximum absolute atomic E-state index is 10.8. The quantitative estimate of drug-likeness (QED) is 0.452. The molecule has 0 bridgehead atoms. The molecule has 0 aliphatic carbocycles. The lowest BCUT2D eigenvalue weighted by Crippen LogP contribution is -2.31. The molecule has 0 heterocycles. The van der Waals surface area contributed by atoms with Crippen molar-refractivity contribution in [1.29, 1.82) is 0 Å². The number of amides is 1. The van der Waals surface area contributed by atoms with Crippen molar-refractivity contribution in [2.45, 2.75) is 19.6 Å². The maximum Gasteiger partial charge on any atom is 0.255 e. The van der Waals surface area contributed by atoms with Crippen molar-refractivity contribution < 1.29 is 14.6 Å². The highest BCUT2D eigenvalue weighted by Gasteiger charge is 2.06. The van der Waals surface area contributed by atoms with Crippen molar-refractivity contribution >= 4 is 21.8 Å². The minimum Gasteiger partial charge on any atom is -0.483 e. The van der Waals surface area contributed by atoms with Gasteiger partial charge in [0.15, 0.2) is 6.61 Å². The van der Waals surface area contributed by atoms with Crippen LogP contribution < -0.4 is 21.1 Å². The van der Waals surface area contributed by atoms with Crippen molar-refractivity contribution in [1.82, 2.24) is 10.6 Å². The molecule has 5 N–H and O–H groups in total. The Bertz CT molecular complexity index is 455. The summed E-state index contributed by atoms with van der Waals surface area (Å²) >= 11 is 3.41. The minimum absolute atomic E-state index is 0.134. The Labute approximate surface area is 133 Å². The first kappa shape index (κ1) is 17.9. The fourth-order valence-electron chi connectivity index (χ4n) is 1.69. The maximum atomic E-state index is 10.8. The highest BCUT2D eigenvalue weighted by Crippen LogP contribution is 2.23. The Morgan fingerprint density at radius 1 is 1.43 bits per heavy atom. The number of carbonyl (C=O) groups is 1. The van der Waals surface area contributed by atoms with Crippen molar-refractivity contribution in [2.75, 3.05) is 26.2 Å². The molecule has 0 aliphatic heterocycles. The Morgan fingerprint density at radius 2 is 2.14 bits per heavy atom. The summed E-state index contributed by atoms with van der Waals surface area (Å²) in [6.07, 6.45) is -0.344. The summed E-state index contributed by atoms with van der Waals surface area (Å²) in [6, 6.07) is 5.59. The largest absolute Gasteiger partial charge is 0.483 e. The first-order valence-corrected chi connectivity index (χ1v) is 7.57. The predicted molar refractivity (Wildman–Crippen MR) is 85.1 cm³/mol. The van der Waals surface area contributed by atoms with Crippen LogP contribution in [0.1, 0.15) is 12.5 Å². The van der Waals surface area contributed by atoms with Crippen molar-refractivity contribution in [2.24, 2.45) is 5.73 Å². The van der Waals surface area contributed by atoms with Crippen LogP contribution in [0.25, 0.3) is 0 Å². The van der Waals surface area contributed by atoms with Gasteiger partial charge in [-0.05, 0) is 25.1 Å². The van der Waals surface area contributed by atoms with E-state index in [1.54, 1.807) is 13.0 Å². The minimum atomic E-state index is -0.501. The number of aliphatic hydroxyl groups is 1. The van der Waals surface area contributed by atoms with Crippen LogP contribution in [-0.4, -0.2) is 43.4 Å². The van der Waals surface area contributed by atoms with Gasteiger partial charge in [0.1, 0.15) is 5.75 Å². The highest BCUT2D eigenvalue weighted by atomic mass is 79.9. The fraction of sp³-hybridized carbons (Fsp3) is 0.500. The number of nitrogens with two attached hydrogens (primary N) is 1. The molecule has 7 heteroatoms. The topological polar surface area (TPSA) is 96.6 Å². The summed E-state index contributed by atoms with van der Waals surface area (Å²) in [6.45, 7) is 4.31. The van der Waals surface area contributed by atoms with Crippen LogP contribution in [0, 0.1) is 0 Å². The standard InChI is InChI=1S/C14H22BrN3O3/c1-10(19)7-17-4-5-18-8-11-6-12(15)2-3-13(11)21-9-14(16)20/h2-3,6,10,17-19H,4-5,7-9H2,1H3,(H2,16,20). The molecule has 1 rings (SSSR count). The van der Waals surface area contributed by atoms with Crippen LogP contribution in [-0.2, 0) is 11.3 Å². The van der Waals surface area contributed by atoms with Gasteiger partial charge in [0.25, 0.3) is 5.91 Å². The number of halogens is 1. The van der Waals surface area contributed by atoms with E-state index in [1.807, 2.05) is 12.1 Å². The van der Waals surface area contributed by atoms with E-state index in [9.17, 15) is 4.79 Å². The second kappa shape index (κ2) is 9.73. The van der Waals surface area contributed by atoms with E-state index < -0.39 is 5.91 Å². The molecule has 1 amide bonds. The lowest BCUT2D eigenvalue weighted by Gasteiger charge is -2.12. The molecular weight excluding hydrogens is 338 g/mol. The van der Waals surface area contributed by atoms with Crippen LogP contribution in [0.4, 0.5) is 0 Å². The number of nitrogens with one attached hydrogen (secondary N) is 2. The molecule has 0 spiro atoms. The average molecular weight is 360 g/mol. The van der Waals surface area contributed by atoms with Gasteiger partial charge in [0.05, 0.1) is 6.10 Å². The molecule has 21 heavy (non-hydrogen) atoms. The van der Waals surface area contributed by atoms with E-state index in [0.717, 1.165) is 23.1 Å². The molecule has 0 saturated heterocycles. The number of aliphatic hydroxyl groups excluding tert-OH is 1. The Morgan fingerprint density at radius 3 is 2.81 bits per heavy atom. The van der Waals surface area contributed by atoms with Crippen molar-refractivity contribution in [3.05, 3.63) is 28.2 Å². The first-order valence-electron chi connectivity index (χ1n) is 6.78. The van der Waals surface area contributed by atoms with Gasteiger partial charge in [-0.1, -0.05) is 15.9 Å². The van der Waals surface area contributed by atoms with Crippen LogP contribution in [0.3, 0.4) is 0 Å². The van der Waals surface area contributed by atoms with Gasteiger partial charge >= 0.3 is 0 Å². The van der Waals surface area contributed by atoms with Gasteiger partial charge in [-0.25, -0.2) is 0 Å². The molecule has 0 radical (unpaired) electrons. The zero-order valence-corrected chi connectivity index (χ0v) is 13.6. The molecule has 0 fully saturated rings. The molecule has 1 aromatic carbocycles. The van der Waals surface area contributed by atoms with E-state index in [2.05, 4.69) is 26.6 Å². The summed E-state index contributed by atoms with van der Waals surface area (Å²) in [5.41, 5.74) is 6.03. The zero-order chi connectivity index (χ0) is 15.7. The summed E-state index contributed by atoms with van der Waals surface area (Å²) in [4.78, 5) is 10.8. The molecule has 6 nitrogen and oxygen atoms in total. The number of ether oxygens (including phenoxy) is 1. The summed E-state index contributed by atoms with van der Waals surface area (Å²) in [5, 5.41) is 15.5. The Hall–Kier alpha value is -1.15. The first-order chi connectivity index (χ1) is 9.99. The molecule has 118 valence electrons. The monoisotopic (exact) mass is 359 g/mol. The second-order valence-corrected chi connectivity index (χ2v) is 5.65. The number of hydrogen-bond donors (Lipinski definition) is 4.